The van der Waals surface area contributed by atoms with E-state index in [2.05, 4.69) is 0 Å². The van der Waals surface area contributed by atoms with Crippen LogP contribution in [-0.2, 0) is 16.0 Å². The highest BCUT2D eigenvalue weighted by atomic mass is 16.6. The lowest BCUT2D eigenvalue weighted by atomic mass is 10.1. The number of esters is 1. The molecule has 6 nitrogen and oxygen atoms in total. The molecule has 0 aliphatic carbocycles. The molecule has 1 aromatic carbocycles. The van der Waals surface area contributed by atoms with Crippen molar-refractivity contribution in [1.82, 2.24) is 0 Å². The van der Waals surface area contributed by atoms with Gasteiger partial charge in [-0.3, -0.25) is 14.9 Å². The zero-order valence-corrected chi connectivity index (χ0v) is 10.9. The van der Waals surface area contributed by atoms with Gasteiger partial charge in [0.25, 0.3) is 5.69 Å². The van der Waals surface area contributed by atoms with Crippen LogP contribution >= 0.6 is 0 Å². The monoisotopic (exact) mass is 275 g/mol. The second-order valence-electron chi connectivity index (χ2n) is 4.06. The van der Waals surface area contributed by atoms with E-state index in [0.717, 1.165) is 0 Å². The number of carbonyl (C=O) groups excluding carboxylic acids is 1. The third-order valence-corrected chi connectivity index (χ3v) is 2.63. The first-order valence-electron chi connectivity index (χ1n) is 6.09. The zero-order valence-electron chi connectivity index (χ0n) is 10.9. The van der Waals surface area contributed by atoms with Crippen LogP contribution in [0.4, 0.5) is 5.69 Å². The van der Waals surface area contributed by atoms with Gasteiger partial charge in [-0.25, -0.2) is 0 Å². The van der Waals surface area contributed by atoms with Gasteiger partial charge in [-0.2, -0.15) is 0 Å². The molecular weight excluding hydrogens is 262 g/mol. The van der Waals surface area contributed by atoms with E-state index in [9.17, 15) is 14.9 Å². The Morgan fingerprint density at radius 3 is 2.85 bits per heavy atom. The first kappa shape index (κ1) is 13.8. The maximum Gasteiger partial charge on any atom is 0.313 e. The highest BCUT2D eigenvalue weighted by Gasteiger charge is 2.12. The molecular formula is C14H13NO5. The van der Waals surface area contributed by atoms with Crippen molar-refractivity contribution in [2.45, 2.75) is 13.3 Å². The molecule has 6 heteroatoms. The highest BCUT2D eigenvalue weighted by molar-refractivity contribution is 5.72. The van der Waals surface area contributed by atoms with Crippen LogP contribution in [0.15, 0.2) is 40.8 Å². The topological polar surface area (TPSA) is 82.6 Å². The molecule has 1 aromatic heterocycles. The molecule has 2 rings (SSSR count). The second kappa shape index (κ2) is 6.01. The molecule has 104 valence electrons. The maximum absolute atomic E-state index is 11.3. The molecule has 2 aromatic rings. The number of nitro benzene ring substituents is 1. The lowest BCUT2D eigenvalue weighted by molar-refractivity contribution is -0.384. The van der Waals surface area contributed by atoms with Gasteiger partial charge in [-0.05, 0) is 19.1 Å². The molecule has 0 N–H and O–H groups in total. The van der Waals surface area contributed by atoms with Crippen LogP contribution in [0.1, 0.15) is 12.7 Å². The predicted octanol–water partition coefficient (Wildman–Crippen LogP) is 2.96. The lowest BCUT2D eigenvalue weighted by Gasteiger charge is -1.99. The fourth-order valence-electron chi connectivity index (χ4n) is 1.76. The number of non-ortho nitro benzene ring substituents is 1. The van der Waals surface area contributed by atoms with Crippen molar-refractivity contribution in [3.05, 3.63) is 52.3 Å². The Morgan fingerprint density at radius 2 is 2.15 bits per heavy atom. The van der Waals surface area contributed by atoms with Gasteiger partial charge in [0.2, 0.25) is 0 Å². The summed E-state index contributed by atoms with van der Waals surface area (Å²) in [6, 6.07) is 9.46. The fourth-order valence-corrected chi connectivity index (χ4v) is 1.76. The van der Waals surface area contributed by atoms with Crippen LogP contribution in [0, 0.1) is 10.1 Å². The minimum absolute atomic E-state index is 0.00848. The molecule has 0 radical (unpaired) electrons. The SMILES string of the molecule is CCOC(=O)Cc1ccc(-c2cccc([N+](=O)[O-])c2)o1. The zero-order chi connectivity index (χ0) is 14.5. The maximum atomic E-state index is 11.3. The van der Waals surface area contributed by atoms with E-state index in [1.165, 1.54) is 12.1 Å². The number of hydrogen-bond donors (Lipinski definition) is 0. The summed E-state index contributed by atoms with van der Waals surface area (Å²) in [5.41, 5.74) is 0.583. The van der Waals surface area contributed by atoms with Crippen LogP contribution in [0.2, 0.25) is 0 Å². The first-order valence-corrected chi connectivity index (χ1v) is 6.09. The molecule has 0 bridgehead atoms. The van der Waals surface area contributed by atoms with E-state index in [4.69, 9.17) is 9.15 Å². The summed E-state index contributed by atoms with van der Waals surface area (Å²) in [5.74, 6) is 0.574. The lowest BCUT2D eigenvalue weighted by Crippen LogP contribution is -2.06. The Balaban J connectivity index is 2.18. The number of carbonyl (C=O) groups is 1. The van der Waals surface area contributed by atoms with E-state index >= 15 is 0 Å². The summed E-state index contributed by atoms with van der Waals surface area (Å²) in [6.07, 6.45) is 0.0444. The summed E-state index contributed by atoms with van der Waals surface area (Å²) in [4.78, 5) is 21.6. The van der Waals surface area contributed by atoms with Gasteiger partial charge in [0.15, 0.2) is 0 Å². The smallest absolute Gasteiger partial charge is 0.313 e. The molecule has 0 spiro atoms. The van der Waals surface area contributed by atoms with Crippen LogP contribution in [0.3, 0.4) is 0 Å². The number of furan rings is 1. The molecule has 20 heavy (non-hydrogen) atoms. The van der Waals surface area contributed by atoms with Gasteiger partial charge in [0.05, 0.1) is 11.5 Å². The van der Waals surface area contributed by atoms with Crippen LogP contribution in [0.5, 0.6) is 0 Å². The Labute approximate surface area is 115 Å². The van der Waals surface area contributed by atoms with Crippen LogP contribution in [-0.4, -0.2) is 17.5 Å². The normalized spacial score (nSPS) is 10.2. The van der Waals surface area contributed by atoms with Crippen LogP contribution < -0.4 is 0 Å². The van der Waals surface area contributed by atoms with Gasteiger partial charge >= 0.3 is 5.97 Å². The van der Waals surface area contributed by atoms with Gasteiger partial charge in [-0.1, -0.05) is 12.1 Å². The van der Waals surface area contributed by atoms with Crippen molar-refractivity contribution in [2.24, 2.45) is 0 Å². The van der Waals surface area contributed by atoms with Gasteiger partial charge in [0.1, 0.15) is 17.9 Å². The first-order chi connectivity index (χ1) is 9.60. The molecule has 0 aliphatic rings. The van der Waals surface area contributed by atoms with Crippen molar-refractivity contribution >= 4 is 11.7 Å². The Hall–Kier alpha value is -2.63. The standard InChI is InChI=1S/C14H13NO5/c1-2-19-14(16)9-12-6-7-13(20-12)10-4-3-5-11(8-10)15(17)18/h3-8H,2,9H2,1H3. The minimum atomic E-state index is -0.466. The molecule has 0 fully saturated rings. The predicted molar refractivity (Wildman–Crippen MR) is 71.1 cm³/mol. The van der Waals surface area contributed by atoms with Crippen molar-refractivity contribution in [1.29, 1.82) is 0 Å². The second-order valence-corrected chi connectivity index (χ2v) is 4.06. The molecule has 0 saturated carbocycles. The quantitative estimate of drug-likeness (QED) is 0.476. The number of benzene rings is 1. The van der Waals surface area contributed by atoms with Crippen molar-refractivity contribution in [3.8, 4) is 11.3 Å². The summed E-state index contributed by atoms with van der Waals surface area (Å²) < 4.78 is 10.3. The fraction of sp³-hybridized carbons (Fsp3) is 0.214. The van der Waals surface area contributed by atoms with Crippen LogP contribution in [0.25, 0.3) is 11.3 Å². The van der Waals surface area contributed by atoms with E-state index in [0.29, 0.717) is 23.7 Å². The van der Waals surface area contributed by atoms with Gasteiger partial charge in [0, 0.05) is 17.7 Å². The minimum Gasteiger partial charge on any atom is -0.466 e. The average Bonchev–Trinajstić information content (AvgIpc) is 2.87. The summed E-state index contributed by atoms with van der Waals surface area (Å²) in [7, 11) is 0. The number of hydrogen-bond acceptors (Lipinski definition) is 5. The van der Waals surface area contributed by atoms with E-state index in [1.807, 2.05) is 0 Å². The highest BCUT2D eigenvalue weighted by Crippen LogP contribution is 2.25. The van der Waals surface area contributed by atoms with Crippen molar-refractivity contribution in [3.63, 3.8) is 0 Å². The molecule has 0 aliphatic heterocycles. The molecule has 1 heterocycles. The number of ether oxygens (including phenoxy) is 1. The van der Waals surface area contributed by atoms with E-state index < -0.39 is 4.92 Å². The largest absolute Gasteiger partial charge is 0.466 e. The molecule has 0 atom stereocenters. The third kappa shape index (κ3) is 3.23. The summed E-state index contributed by atoms with van der Waals surface area (Å²) in [6.45, 7) is 2.05. The molecule has 0 unspecified atom stereocenters. The van der Waals surface area contributed by atoms with Crippen molar-refractivity contribution < 1.29 is 18.9 Å². The Morgan fingerprint density at radius 1 is 1.35 bits per heavy atom. The van der Waals surface area contributed by atoms with E-state index in [-0.39, 0.29) is 18.1 Å². The summed E-state index contributed by atoms with van der Waals surface area (Å²) >= 11 is 0. The number of nitrogens with zero attached hydrogens (tertiary/aromatic N) is 1. The molecule has 0 amide bonds. The molecule has 0 saturated heterocycles. The Bertz CT molecular complexity index is 632. The van der Waals surface area contributed by atoms with Crippen molar-refractivity contribution in [2.75, 3.05) is 6.61 Å². The number of rotatable bonds is 5. The number of nitro groups is 1. The Kier molecular flexibility index (Phi) is 4.14. The summed E-state index contributed by atoms with van der Waals surface area (Å²) in [5, 5.41) is 10.7. The third-order valence-electron chi connectivity index (χ3n) is 2.63. The van der Waals surface area contributed by atoms with Gasteiger partial charge < -0.3 is 9.15 Å². The average molecular weight is 275 g/mol. The van der Waals surface area contributed by atoms with Gasteiger partial charge in [-0.15, -0.1) is 0 Å². The van der Waals surface area contributed by atoms with E-state index in [1.54, 1.807) is 31.2 Å².